The Hall–Kier alpha value is -2.26. The summed E-state index contributed by atoms with van der Waals surface area (Å²) in [6.07, 6.45) is 6.34. The van der Waals surface area contributed by atoms with Gasteiger partial charge in [0.05, 0.1) is 23.7 Å². The van der Waals surface area contributed by atoms with E-state index in [1.807, 2.05) is 12.3 Å². The molecule has 0 aliphatic heterocycles. The Morgan fingerprint density at radius 1 is 1.35 bits per heavy atom. The average Bonchev–Trinajstić information content (AvgIpc) is 2.89. The van der Waals surface area contributed by atoms with Gasteiger partial charge in [-0.1, -0.05) is 13.8 Å². The van der Waals surface area contributed by atoms with Gasteiger partial charge in [0.1, 0.15) is 6.07 Å². The molecule has 0 spiro atoms. The van der Waals surface area contributed by atoms with Gasteiger partial charge in [0.2, 0.25) is 0 Å². The molecule has 0 unspecified atom stereocenters. The molecule has 1 N–H and O–H groups in total. The first-order valence-corrected chi connectivity index (χ1v) is 6.57. The van der Waals surface area contributed by atoms with E-state index in [0.29, 0.717) is 23.9 Å². The van der Waals surface area contributed by atoms with Gasteiger partial charge in [-0.15, -0.1) is 0 Å². The molecule has 2 rings (SSSR count). The van der Waals surface area contributed by atoms with Crippen molar-refractivity contribution >= 4 is 0 Å². The van der Waals surface area contributed by atoms with Crippen LogP contribution in [-0.2, 0) is 6.42 Å². The van der Waals surface area contributed by atoms with Crippen molar-refractivity contribution in [3.05, 3.63) is 35.4 Å². The molecule has 104 valence electrons. The maximum atomic E-state index is 8.96. The first kappa shape index (κ1) is 14.2. The van der Waals surface area contributed by atoms with Crippen LogP contribution in [-0.4, -0.2) is 31.5 Å². The maximum Gasteiger partial charge on any atom is 0.250 e. The predicted octanol–water partition coefficient (Wildman–Crippen LogP) is 1.58. The van der Waals surface area contributed by atoms with Crippen LogP contribution in [0.5, 0.6) is 0 Å². The molecule has 0 atom stereocenters. The minimum absolute atomic E-state index is 0.163. The van der Waals surface area contributed by atoms with E-state index in [1.54, 1.807) is 4.68 Å². The number of hydrogen-bond donors (Lipinski definition) is 1. The number of hydrogen-bond acceptors (Lipinski definition) is 5. The standard InChI is InChI=1S/C14H17N5O/c1-10(2)13-12(4-3-5-20)9-19(18-13)14-16-7-11(6-15)8-17-14/h7-10,20H,3-5H2,1-2H3. The molecule has 0 radical (unpaired) electrons. The summed E-state index contributed by atoms with van der Waals surface area (Å²) in [5.41, 5.74) is 2.51. The lowest BCUT2D eigenvalue weighted by atomic mass is 10.0. The Bertz CT molecular complexity index is 609. The van der Waals surface area contributed by atoms with Gasteiger partial charge in [-0.25, -0.2) is 14.6 Å². The Balaban J connectivity index is 2.34. The first-order valence-electron chi connectivity index (χ1n) is 6.57. The van der Waals surface area contributed by atoms with Crippen LogP contribution in [0.1, 0.15) is 43.0 Å². The van der Waals surface area contributed by atoms with Crippen LogP contribution in [0.3, 0.4) is 0 Å². The summed E-state index contributed by atoms with van der Waals surface area (Å²) in [6.45, 7) is 4.32. The van der Waals surface area contributed by atoms with Crippen LogP contribution in [0.25, 0.3) is 5.95 Å². The van der Waals surface area contributed by atoms with E-state index in [2.05, 4.69) is 28.9 Å². The molecule has 0 saturated heterocycles. The summed E-state index contributed by atoms with van der Waals surface area (Å²) < 4.78 is 1.63. The van der Waals surface area contributed by atoms with Crippen LogP contribution < -0.4 is 0 Å². The molecule has 0 aromatic carbocycles. The highest BCUT2D eigenvalue weighted by Gasteiger charge is 2.14. The molecular weight excluding hydrogens is 254 g/mol. The lowest BCUT2D eigenvalue weighted by Crippen LogP contribution is -2.02. The lowest BCUT2D eigenvalue weighted by molar-refractivity contribution is 0.288. The second-order valence-electron chi connectivity index (χ2n) is 4.85. The lowest BCUT2D eigenvalue weighted by Gasteiger charge is -2.03. The molecule has 0 saturated carbocycles. The fraction of sp³-hybridized carbons (Fsp3) is 0.429. The number of rotatable bonds is 5. The number of aryl methyl sites for hydroxylation is 1. The minimum atomic E-state index is 0.163. The van der Waals surface area contributed by atoms with Crippen molar-refractivity contribution in [2.24, 2.45) is 0 Å². The van der Waals surface area contributed by atoms with Gasteiger partial charge >= 0.3 is 0 Å². The number of nitriles is 1. The molecule has 0 amide bonds. The second kappa shape index (κ2) is 6.26. The number of aromatic nitrogens is 4. The smallest absolute Gasteiger partial charge is 0.250 e. The minimum Gasteiger partial charge on any atom is -0.396 e. The average molecular weight is 271 g/mol. The molecule has 0 bridgehead atoms. The van der Waals surface area contributed by atoms with Crippen molar-refractivity contribution in [2.75, 3.05) is 6.61 Å². The Morgan fingerprint density at radius 3 is 2.60 bits per heavy atom. The highest BCUT2D eigenvalue weighted by Crippen LogP contribution is 2.20. The molecule has 0 fully saturated rings. The molecule has 0 aliphatic rings. The zero-order valence-electron chi connectivity index (χ0n) is 11.6. The molecule has 0 aliphatic carbocycles. The Labute approximate surface area is 117 Å². The highest BCUT2D eigenvalue weighted by atomic mass is 16.2. The third-order valence-corrected chi connectivity index (χ3v) is 2.95. The van der Waals surface area contributed by atoms with Gasteiger partial charge in [0.15, 0.2) is 0 Å². The second-order valence-corrected chi connectivity index (χ2v) is 4.85. The van der Waals surface area contributed by atoms with Crippen LogP contribution >= 0.6 is 0 Å². The quantitative estimate of drug-likeness (QED) is 0.892. The molecule has 2 heterocycles. The van der Waals surface area contributed by atoms with Gasteiger partial charge in [-0.05, 0) is 24.3 Å². The molecule has 20 heavy (non-hydrogen) atoms. The first-order chi connectivity index (χ1) is 9.65. The summed E-state index contributed by atoms with van der Waals surface area (Å²) >= 11 is 0. The van der Waals surface area contributed by atoms with Gasteiger partial charge < -0.3 is 5.11 Å². The number of aliphatic hydroxyl groups excluding tert-OH is 1. The van der Waals surface area contributed by atoms with Crippen LogP contribution in [0, 0.1) is 11.3 Å². The summed E-state index contributed by atoms with van der Waals surface area (Å²) in [7, 11) is 0. The molecule has 6 nitrogen and oxygen atoms in total. The third-order valence-electron chi connectivity index (χ3n) is 2.95. The molecule has 2 aromatic rings. The topological polar surface area (TPSA) is 87.6 Å². The van der Waals surface area contributed by atoms with Crippen molar-refractivity contribution in [3.63, 3.8) is 0 Å². The normalized spacial score (nSPS) is 10.8. The zero-order valence-corrected chi connectivity index (χ0v) is 11.6. The number of nitrogens with zero attached hydrogens (tertiary/aromatic N) is 5. The Morgan fingerprint density at radius 2 is 2.05 bits per heavy atom. The van der Waals surface area contributed by atoms with Gasteiger partial charge in [-0.3, -0.25) is 0 Å². The van der Waals surface area contributed by atoms with Crippen LogP contribution in [0.2, 0.25) is 0 Å². The summed E-state index contributed by atoms with van der Waals surface area (Å²) in [5.74, 6) is 0.740. The van der Waals surface area contributed by atoms with E-state index in [4.69, 9.17) is 10.4 Å². The summed E-state index contributed by atoms with van der Waals surface area (Å²) in [5, 5.41) is 22.2. The molecule has 6 heteroatoms. The van der Waals surface area contributed by atoms with Crippen molar-refractivity contribution < 1.29 is 5.11 Å². The molecular formula is C14H17N5O. The van der Waals surface area contributed by atoms with E-state index in [0.717, 1.165) is 17.7 Å². The van der Waals surface area contributed by atoms with E-state index < -0.39 is 0 Å². The van der Waals surface area contributed by atoms with E-state index in [1.165, 1.54) is 12.4 Å². The predicted molar refractivity (Wildman–Crippen MR) is 73.4 cm³/mol. The third kappa shape index (κ3) is 3.00. The van der Waals surface area contributed by atoms with Gasteiger partial charge in [0.25, 0.3) is 5.95 Å². The summed E-state index contributed by atoms with van der Waals surface area (Å²) in [4.78, 5) is 8.26. The van der Waals surface area contributed by atoms with Crippen molar-refractivity contribution in [1.29, 1.82) is 5.26 Å². The van der Waals surface area contributed by atoms with Crippen molar-refractivity contribution in [3.8, 4) is 12.0 Å². The van der Waals surface area contributed by atoms with E-state index >= 15 is 0 Å². The fourth-order valence-corrected chi connectivity index (χ4v) is 1.97. The van der Waals surface area contributed by atoms with Crippen LogP contribution in [0.4, 0.5) is 0 Å². The monoisotopic (exact) mass is 271 g/mol. The highest BCUT2D eigenvalue weighted by molar-refractivity contribution is 5.27. The summed E-state index contributed by atoms with van der Waals surface area (Å²) in [6, 6.07) is 1.99. The SMILES string of the molecule is CC(C)c1nn(-c2ncc(C#N)cn2)cc1CCCO. The maximum absolute atomic E-state index is 8.96. The van der Waals surface area contributed by atoms with Crippen molar-refractivity contribution in [1.82, 2.24) is 19.7 Å². The van der Waals surface area contributed by atoms with E-state index in [-0.39, 0.29) is 6.61 Å². The van der Waals surface area contributed by atoms with Gasteiger partial charge in [0, 0.05) is 12.8 Å². The fourth-order valence-electron chi connectivity index (χ4n) is 1.97. The van der Waals surface area contributed by atoms with Gasteiger partial charge in [-0.2, -0.15) is 10.4 Å². The zero-order chi connectivity index (χ0) is 14.5. The van der Waals surface area contributed by atoms with Crippen LogP contribution in [0.15, 0.2) is 18.6 Å². The largest absolute Gasteiger partial charge is 0.396 e. The Kier molecular flexibility index (Phi) is 4.43. The number of aliphatic hydroxyl groups is 1. The van der Waals surface area contributed by atoms with Crippen molar-refractivity contribution in [2.45, 2.75) is 32.6 Å². The van der Waals surface area contributed by atoms with E-state index in [9.17, 15) is 0 Å². The molecule has 2 aromatic heterocycles.